The molecular weight excluding hydrogens is 290 g/mol. The lowest BCUT2D eigenvalue weighted by molar-refractivity contribution is 0.198. The lowest BCUT2D eigenvalue weighted by atomic mass is 10.1. The topological polar surface area (TPSA) is 48.5 Å². The van der Waals surface area contributed by atoms with Gasteiger partial charge >= 0.3 is 6.03 Å². The first-order valence-electron chi connectivity index (χ1n) is 7.16. The summed E-state index contributed by atoms with van der Waals surface area (Å²) < 4.78 is 27.4. The average molecular weight is 304 g/mol. The Morgan fingerprint density at radius 1 is 1.27 bits per heavy atom. The first-order chi connectivity index (χ1) is 10.6. The zero-order valence-electron chi connectivity index (χ0n) is 11.7. The standard InChI is InChI=1S/C15H14F2N4O/c16-9-5-11-13(1-2-18-14(11)12(17)6-9)20-3-4-21-10(8-20)7-19-15(21)22/h1-2,5-6,10H,3-4,7-8H2,(H,19,22). The van der Waals surface area contributed by atoms with Crippen LogP contribution in [0.25, 0.3) is 10.9 Å². The van der Waals surface area contributed by atoms with Crippen molar-refractivity contribution in [2.24, 2.45) is 0 Å². The van der Waals surface area contributed by atoms with Crippen LogP contribution < -0.4 is 10.2 Å². The van der Waals surface area contributed by atoms with Gasteiger partial charge in [0.1, 0.15) is 11.3 Å². The molecule has 2 fully saturated rings. The van der Waals surface area contributed by atoms with E-state index in [9.17, 15) is 13.6 Å². The van der Waals surface area contributed by atoms with Gasteiger partial charge in [0, 0.05) is 49.5 Å². The molecule has 0 spiro atoms. The van der Waals surface area contributed by atoms with Gasteiger partial charge in [-0.3, -0.25) is 4.98 Å². The molecule has 2 aliphatic rings. The molecule has 5 nitrogen and oxygen atoms in total. The van der Waals surface area contributed by atoms with Crippen LogP contribution in [0.5, 0.6) is 0 Å². The van der Waals surface area contributed by atoms with Gasteiger partial charge in [-0.25, -0.2) is 13.6 Å². The van der Waals surface area contributed by atoms with Crippen molar-refractivity contribution in [2.45, 2.75) is 6.04 Å². The van der Waals surface area contributed by atoms with Crippen molar-refractivity contribution < 1.29 is 13.6 Å². The molecule has 2 amide bonds. The first-order valence-corrected chi connectivity index (χ1v) is 7.16. The van der Waals surface area contributed by atoms with E-state index in [1.54, 1.807) is 11.0 Å². The number of carbonyl (C=O) groups is 1. The minimum absolute atomic E-state index is 0.0404. The number of nitrogens with one attached hydrogen (secondary N) is 1. The molecule has 0 bridgehead atoms. The van der Waals surface area contributed by atoms with Crippen molar-refractivity contribution in [1.82, 2.24) is 15.2 Å². The fraction of sp³-hybridized carbons (Fsp3) is 0.333. The Balaban J connectivity index is 1.74. The highest BCUT2D eigenvalue weighted by Gasteiger charge is 2.35. The van der Waals surface area contributed by atoms with E-state index in [1.807, 2.05) is 0 Å². The number of hydrogen-bond donors (Lipinski definition) is 1. The van der Waals surface area contributed by atoms with Crippen LogP contribution in [0.1, 0.15) is 0 Å². The lowest BCUT2D eigenvalue weighted by Crippen LogP contribution is -2.52. The summed E-state index contributed by atoms with van der Waals surface area (Å²) in [5.74, 6) is -1.27. The van der Waals surface area contributed by atoms with Gasteiger partial charge in [0.05, 0.1) is 6.04 Å². The third-order valence-electron chi connectivity index (χ3n) is 4.31. The molecule has 1 aromatic carbocycles. The number of fused-ring (bicyclic) bond motifs is 2. The van der Waals surface area contributed by atoms with Crippen molar-refractivity contribution in [3.63, 3.8) is 0 Å². The zero-order valence-corrected chi connectivity index (χ0v) is 11.7. The fourth-order valence-electron chi connectivity index (χ4n) is 3.26. The smallest absolute Gasteiger partial charge is 0.317 e. The molecule has 1 N–H and O–H groups in total. The number of aromatic nitrogens is 1. The number of piperazine rings is 1. The minimum Gasteiger partial charge on any atom is -0.367 e. The predicted molar refractivity (Wildman–Crippen MR) is 77.8 cm³/mol. The second kappa shape index (κ2) is 4.79. The van der Waals surface area contributed by atoms with Crippen molar-refractivity contribution >= 4 is 22.6 Å². The van der Waals surface area contributed by atoms with Crippen LogP contribution in [-0.4, -0.2) is 48.1 Å². The number of rotatable bonds is 1. The van der Waals surface area contributed by atoms with E-state index < -0.39 is 11.6 Å². The normalized spacial score (nSPS) is 21.2. The van der Waals surface area contributed by atoms with Crippen LogP contribution in [-0.2, 0) is 0 Å². The van der Waals surface area contributed by atoms with Gasteiger partial charge in [0.15, 0.2) is 5.82 Å². The third kappa shape index (κ3) is 1.96. The van der Waals surface area contributed by atoms with Gasteiger partial charge in [-0.1, -0.05) is 0 Å². The minimum atomic E-state index is -0.659. The lowest BCUT2D eigenvalue weighted by Gasteiger charge is -2.38. The Kier molecular flexibility index (Phi) is 2.88. The monoisotopic (exact) mass is 304 g/mol. The molecule has 4 rings (SSSR count). The number of pyridine rings is 1. The average Bonchev–Trinajstić information content (AvgIpc) is 2.87. The summed E-state index contributed by atoms with van der Waals surface area (Å²) in [6.45, 7) is 2.45. The molecule has 2 saturated heterocycles. The van der Waals surface area contributed by atoms with E-state index in [0.717, 1.165) is 11.8 Å². The summed E-state index contributed by atoms with van der Waals surface area (Å²) in [7, 11) is 0. The first kappa shape index (κ1) is 13.2. The SMILES string of the molecule is O=C1NCC2CN(c3ccnc4c(F)cc(F)cc34)CCN12. The molecule has 1 atom stereocenters. The van der Waals surface area contributed by atoms with E-state index in [2.05, 4.69) is 15.2 Å². The summed E-state index contributed by atoms with van der Waals surface area (Å²) in [6.07, 6.45) is 1.53. The number of anilines is 1. The molecular formula is C15H14F2N4O. The fourth-order valence-corrected chi connectivity index (χ4v) is 3.26. The number of urea groups is 1. The number of amides is 2. The zero-order chi connectivity index (χ0) is 15.3. The Bertz CT molecular complexity index is 767. The molecule has 0 aliphatic carbocycles. The van der Waals surface area contributed by atoms with Crippen LogP contribution in [0, 0.1) is 11.6 Å². The molecule has 1 aromatic heterocycles. The molecule has 0 radical (unpaired) electrons. The van der Waals surface area contributed by atoms with Gasteiger partial charge in [-0.05, 0) is 12.1 Å². The van der Waals surface area contributed by atoms with Crippen molar-refractivity contribution in [3.05, 3.63) is 36.0 Å². The Morgan fingerprint density at radius 3 is 3.00 bits per heavy atom. The van der Waals surface area contributed by atoms with Gasteiger partial charge in [0.2, 0.25) is 0 Å². The molecule has 1 unspecified atom stereocenters. The summed E-state index contributed by atoms with van der Waals surface area (Å²) in [5, 5.41) is 3.28. The molecule has 0 saturated carbocycles. The molecule has 3 heterocycles. The summed E-state index contributed by atoms with van der Waals surface area (Å²) in [5.41, 5.74) is 0.921. The van der Waals surface area contributed by atoms with Gasteiger partial charge in [0.25, 0.3) is 0 Å². The largest absolute Gasteiger partial charge is 0.367 e. The molecule has 2 aromatic rings. The van der Waals surface area contributed by atoms with Gasteiger partial charge < -0.3 is 15.1 Å². The molecule has 114 valence electrons. The van der Waals surface area contributed by atoms with E-state index in [0.29, 0.717) is 31.6 Å². The van der Waals surface area contributed by atoms with E-state index in [4.69, 9.17) is 0 Å². The van der Waals surface area contributed by atoms with Crippen LogP contribution in [0.15, 0.2) is 24.4 Å². The maximum atomic E-state index is 13.9. The highest BCUT2D eigenvalue weighted by Crippen LogP contribution is 2.30. The molecule has 2 aliphatic heterocycles. The predicted octanol–water partition coefficient (Wildman–Crippen LogP) is 1.73. The number of nitrogens with zero attached hydrogens (tertiary/aromatic N) is 3. The van der Waals surface area contributed by atoms with Crippen LogP contribution in [0.3, 0.4) is 0 Å². The van der Waals surface area contributed by atoms with Crippen molar-refractivity contribution in [3.8, 4) is 0 Å². The second-order valence-electron chi connectivity index (χ2n) is 5.59. The summed E-state index contributed by atoms with van der Waals surface area (Å²) in [4.78, 5) is 19.5. The number of hydrogen-bond acceptors (Lipinski definition) is 3. The molecule has 22 heavy (non-hydrogen) atoms. The highest BCUT2D eigenvalue weighted by molar-refractivity contribution is 5.92. The maximum Gasteiger partial charge on any atom is 0.317 e. The van der Waals surface area contributed by atoms with E-state index in [-0.39, 0.29) is 17.6 Å². The van der Waals surface area contributed by atoms with Gasteiger partial charge in [-0.2, -0.15) is 0 Å². The van der Waals surface area contributed by atoms with Crippen LogP contribution in [0.4, 0.5) is 19.3 Å². The van der Waals surface area contributed by atoms with Crippen LogP contribution >= 0.6 is 0 Å². The Morgan fingerprint density at radius 2 is 2.14 bits per heavy atom. The second-order valence-corrected chi connectivity index (χ2v) is 5.59. The Labute approximate surface area is 125 Å². The number of halogens is 2. The highest BCUT2D eigenvalue weighted by atomic mass is 19.1. The quantitative estimate of drug-likeness (QED) is 0.873. The summed E-state index contributed by atoms with van der Waals surface area (Å²) >= 11 is 0. The Hall–Kier alpha value is -2.44. The van der Waals surface area contributed by atoms with E-state index >= 15 is 0 Å². The van der Waals surface area contributed by atoms with Crippen molar-refractivity contribution in [2.75, 3.05) is 31.1 Å². The third-order valence-corrected chi connectivity index (χ3v) is 4.31. The molecule has 7 heteroatoms. The maximum absolute atomic E-state index is 13.9. The number of benzene rings is 1. The number of carbonyl (C=O) groups excluding carboxylic acids is 1. The van der Waals surface area contributed by atoms with E-state index in [1.165, 1.54) is 12.3 Å². The van der Waals surface area contributed by atoms with Crippen molar-refractivity contribution in [1.29, 1.82) is 0 Å². The van der Waals surface area contributed by atoms with Gasteiger partial charge in [-0.15, -0.1) is 0 Å². The van der Waals surface area contributed by atoms with Crippen LogP contribution in [0.2, 0.25) is 0 Å². The summed E-state index contributed by atoms with van der Waals surface area (Å²) in [6, 6.07) is 3.97.